The zero-order chi connectivity index (χ0) is 23.4. The molecule has 162 valence electrons. The highest BCUT2D eigenvalue weighted by Crippen LogP contribution is 2.29. The average Bonchev–Trinajstić information content (AvgIpc) is 2.83. The number of nitrogens with one attached hydrogen (secondary N) is 1. The van der Waals surface area contributed by atoms with Gasteiger partial charge in [0.2, 0.25) is 0 Å². The zero-order valence-electron chi connectivity index (χ0n) is 19.4. The van der Waals surface area contributed by atoms with E-state index in [1.807, 2.05) is 43.4 Å². The second kappa shape index (κ2) is 9.62. The van der Waals surface area contributed by atoms with E-state index in [0.29, 0.717) is 5.71 Å². The van der Waals surface area contributed by atoms with Crippen molar-refractivity contribution in [1.29, 1.82) is 5.41 Å². The van der Waals surface area contributed by atoms with Crippen LogP contribution in [0.3, 0.4) is 0 Å². The molecule has 3 aromatic carbocycles. The van der Waals surface area contributed by atoms with E-state index in [-0.39, 0.29) is 0 Å². The first-order valence-electron chi connectivity index (χ1n) is 11.1. The van der Waals surface area contributed by atoms with Gasteiger partial charge in [-0.05, 0) is 60.4 Å². The predicted octanol–water partition coefficient (Wildman–Crippen LogP) is 8.19. The monoisotopic (exact) mass is 428 g/mol. The molecular weight excluding hydrogens is 400 g/mol. The summed E-state index contributed by atoms with van der Waals surface area (Å²) in [6.45, 7) is 10.1. The number of aryl methyl sites for hydroxylation is 1. The van der Waals surface area contributed by atoms with E-state index < -0.39 is 0 Å². The van der Waals surface area contributed by atoms with Gasteiger partial charge in [-0.25, -0.2) is 0 Å². The lowest BCUT2D eigenvalue weighted by atomic mass is 9.95. The Labute approximate surface area is 196 Å². The second-order valence-corrected chi connectivity index (χ2v) is 8.11. The van der Waals surface area contributed by atoms with Crippen LogP contribution in [0, 0.1) is 12.3 Å². The fourth-order valence-corrected chi connectivity index (χ4v) is 4.19. The number of nitrogens with zero attached hydrogens (tertiary/aromatic N) is 1. The number of rotatable bonds is 5. The molecule has 0 fully saturated rings. The second-order valence-electron chi connectivity index (χ2n) is 8.11. The fourth-order valence-electron chi connectivity index (χ4n) is 4.19. The molecule has 0 aromatic heterocycles. The SMILES string of the molecule is C=Cc1ccc(/C(N=C(C)c2ccc(C)c3ccccc23)=C2\C=CC=CC2=N)cc1/C=C\C. The van der Waals surface area contributed by atoms with Gasteiger partial charge in [0.1, 0.15) is 0 Å². The van der Waals surface area contributed by atoms with E-state index in [1.165, 1.54) is 16.3 Å². The van der Waals surface area contributed by atoms with Crippen LogP contribution in [-0.2, 0) is 0 Å². The molecule has 3 aromatic rings. The van der Waals surface area contributed by atoms with Gasteiger partial charge in [0.05, 0.1) is 11.4 Å². The van der Waals surface area contributed by atoms with Gasteiger partial charge >= 0.3 is 0 Å². The Morgan fingerprint density at radius 1 is 0.939 bits per heavy atom. The lowest BCUT2D eigenvalue weighted by Crippen LogP contribution is -2.04. The van der Waals surface area contributed by atoms with Crippen LogP contribution in [0.4, 0.5) is 0 Å². The first kappa shape index (κ1) is 22.2. The van der Waals surface area contributed by atoms with Gasteiger partial charge in [0.15, 0.2) is 0 Å². The molecule has 0 bridgehead atoms. The molecular formula is C31H28N2. The van der Waals surface area contributed by atoms with E-state index >= 15 is 0 Å². The molecule has 0 saturated carbocycles. The van der Waals surface area contributed by atoms with Crippen LogP contribution in [0.1, 0.15) is 41.7 Å². The van der Waals surface area contributed by atoms with Gasteiger partial charge in [-0.2, -0.15) is 0 Å². The quantitative estimate of drug-likeness (QED) is 0.398. The highest BCUT2D eigenvalue weighted by atomic mass is 14.8. The minimum Gasteiger partial charge on any atom is -0.300 e. The standard InChI is InChI=1S/C31H28N2/c1-5-11-24-20-25(18-17-23(24)6-2)31(29-14-9-10-15-30(29)32)33-22(4)27-19-16-21(3)26-12-7-8-13-28(26)27/h5-20,32H,2H2,1,3-4H3/b11-5-,31-29-,32-30?,33-22?. The maximum Gasteiger partial charge on any atom is 0.0799 e. The number of hydrogen-bond donors (Lipinski definition) is 1. The average molecular weight is 429 g/mol. The first-order valence-corrected chi connectivity index (χ1v) is 11.1. The number of fused-ring (bicyclic) bond motifs is 1. The molecule has 0 heterocycles. The normalized spacial score (nSPS) is 15.5. The van der Waals surface area contributed by atoms with Crippen LogP contribution in [0.25, 0.3) is 28.6 Å². The number of aliphatic imine (C=N–C) groups is 1. The molecule has 33 heavy (non-hydrogen) atoms. The van der Waals surface area contributed by atoms with Crippen molar-refractivity contribution in [2.45, 2.75) is 20.8 Å². The largest absolute Gasteiger partial charge is 0.300 e. The van der Waals surface area contributed by atoms with Crippen molar-refractivity contribution in [3.05, 3.63) is 125 Å². The summed E-state index contributed by atoms with van der Waals surface area (Å²) in [5.74, 6) is 0. The van der Waals surface area contributed by atoms with Crippen LogP contribution in [0.15, 0.2) is 102 Å². The van der Waals surface area contributed by atoms with E-state index in [0.717, 1.165) is 39.2 Å². The van der Waals surface area contributed by atoms with E-state index in [9.17, 15) is 0 Å². The first-order chi connectivity index (χ1) is 16.0. The molecule has 0 radical (unpaired) electrons. The van der Waals surface area contributed by atoms with Crippen molar-refractivity contribution < 1.29 is 0 Å². The van der Waals surface area contributed by atoms with Gasteiger partial charge in [0.25, 0.3) is 0 Å². The Bertz CT molecular complexity index is 1410. The molecule has 0 aliphatic heterocycles. The Morgan fingerprint density at radius 2 is 1.70 bits per heavy atom. The third-order valence-electron chi connectivity index (χ3n) is 5.92. The molecule has 0 amide bonds. The molecule has 1 N–H and O–H groups in total. The van der Waals surface area contributed by atoms with Crippen molar-refractivity contribution >= 4 is 40.0 Å². The third-order valence-corrected chi connectivity index (χ3v) is 5.92. The van der Waals surface area contributed by atoms with Gasteiger partial charge < -0.3 is 5.41 Å². The minimum absolute atomic E-state index is 0.457. The third kappa shape index (κ3) is 4.47. The van der Waals surface area contributed by atoms with Crippen molar-refractivity contribution in [2.75, 3.05) is 0 Å². The van der Waals surface area contributed by atoms with E-state index in [1.54, 1.807) is 0 Å². The smallest absolute Gasteiger partial charge is 0.0799 e. The maximum absolute atomic E-state index is 8.55. The fraction of sp³-hybridized carbons (Fsp3) is 0.0968. The summed E-state index contributed by atoms with van der Waals surface area (Å²) in [7, 11) is 0. The molecule has 1 aliphatic carbocycles. The molecule has 0 unspecified atom stereocenters. The van der Waals surface area contributed by atoms with E-state index in [4.69, 9.17) is 10.4 Å². The highest BCUT2D eigenvalue weighted by molar-refractivity contribution is 6.17. The number of allylic oxidation sites excluding steroid dienone is 6. The van der Waals surface area contributed by atoms with Crippen molar-refractivity contribution in [1.82, 2.24) is 0 Å². The summed E-state index contributed by atoms with van der Waals surface area (Å²) < 4.78 is 0. The summed E-state index contributed by atoms with van der Waals surface area (Å²) in [4.78, 5) is 5.15. The summed E-state index contributed by atoms with van der Waals surface area (Å²) in [5.41, 5.74) is 8.47. The Kier molecular flexibility index (Phi) is 6.46. The Morgan fingerprint density at radius 3 is 2.42 bits per heavy atom. The Hall–Kier alpha value is -4.04. The van der Waals surface area contributed by atoms with Crippen LogP contribution in [0.2, 0.25) is 0 Å². The summed E-state index contributed by atoms with van der Waals surface area (Å²) in [5, 5.41) is 11.0. The topological polar surface area (TPSA) is 36.2 Å². The van der Waals surface area contributed by atoms with Crippen LogP contribution in [-0.4, -0.2) is 11.4 Å². The minimum atomic E-state index is 0.457. The number of benzene rings is 3. The van der Waals surface area contributed by atoms with Crippen molar-refractivity contribution in [3.63, 3.8) is 0 Å². The highest BCUT2D eigenvalue weighted by Gasteiger charge is 2.15. The molecule has 4 rings (SSSR count). The van der Waals surface area contributed by atoms with Crippen LogP contribution >= 0.6 is 0 Å². The van der Waals surface area contributed by atoms with Crippen molar-refractivity contribution in [3.8, 4) is 0 Å². The predicted molar refractivity (Wildman–Crippen MR) is 145 cm³/mol. The summed E-state index contributed by atoms with van der Waals surface area (Å²) >= 11 is 0. The summed E-state index contributed by atoms with van der Waals surface area (Å²) in [6, 6.07) is 19.0. The van der Waals surface area contributed by atoms with Gasteiger partial charge in [-0.3, -0.25) is 4.99 Å². The molecule has 0 saturated heterocycles. The maximum atomic E-state index is 8.55. The lowest BCUT2D eigenvalue weighted by Gasteiger charge is -2.15. The van der Waals surface area contributed by atoms with Gasteiger partial charge in [-0.15, -0.1) is 0 Å². The van der Waals surface area contributed by atoms with Crippen molar-refractivity contribution in [2.24, 2.45) is 4.99 Å². The van der Waals surface area contributed by atoms with E-state index in [2.05, 4.69) is 81.1 Å². The number of hydrogen-bond acceptors (Lipinski definition) is 2. The van der Waals surface area contributed by atoms with Crippen LogP contribution in [0.5, 0.6) is 0 Å². The summed E-state index contributed by atoms with van der Waals surface area (Å²) in [6.07, 6.45) is 13.6. The lowest BCUT2D eigenvalue weighted by molar-refractivity contribution is 1.42. The van der Waals surface area contributed by atoms with Gasteiger partial charge in [0, 0.05) is 22.4 Å². The van der Waals surface area contributed by atoms with Gasteiger partial charge in [-0.1, -0.05) is 91.6 Å². The van der Waals surface area contributed by atoms with Crippen LogP contribution < -0.4 is 0 Å². The Balaban J connectivity index is 1.95. The zero-order valence-corrected chi connectivity index (χ0v) is 19.4. The molecule has 0 spiro atoms. The molecule has 0 atom stereocenters. The molecule has 1 aliphatic rings. The molecule has 2 heteroatoms. The molecule has 2 nitrogen and oxygen atoms in total.